The van der Waals surface area contributed by atoms with Gasteiger partial charge in [-0.1, -0.05) is 18.2 Å². The second kappa shape index (κ2) is 5.33. The second-order valence-electron chi connectivity index (χ2n) is 9.62. The maximum absolute atomic E-state index is 12.5. The summed E-state index contributed by atoms with van der Waals surface area (Å²) in [6, 6.07) is 7.21. The molecule has 1 aromatic carbocycles. The van der Waals surface area contributed by atoms with E-state index in [0.717, 1.165) is 13.1 Å². The Balaban J connectivity index is 1.20. The van der Waals surface area contributed by atoms with Crippen LogP contribution in [0.25, 0.3) is 0 Å². The number of rotatable bonds is 2. The van der Waals surface area contributed by atoms with Crippen molar-refractivity contribution in [3.8, 4) is 0 Å². The lowest BCUT2D eigenvalue weighted by molar-refractivity contribution is -0.161. The average Bonchev–Trinajstić information content (AvgIpc) is 3.16. The summed E-state index contributed by atoms with van der Waals surface area (Å²) in [5.41, 5.74) is 4.46. The first kappa shape index (κ1) is 15.9. The van der Waals surface area contributed by atoms with Crippen molar-refractivity contribution in [2.75, 3.05) is 13.1 Å². The number of hydrogen-bond donors (Lipinski definition) is 1. The molecule has 4 aliphatic rings. The van der Waals surface area contributed by atoms with Gasteiger partial charge < -0.3 is 10.0 Å². The fourth-order valence-electron chi connectivity index (χ4n) is 5.98. The van der Waals surface area contributed by atoms with Crippen molar-refractivity contribution in [2.24, 2.45) is 11.3 Å². The normalized spacial score (nSPS) is 35.4. The lowest BCUT2D eigenvalue weighted by atomic mass is 9.69. The number of fused-ring (bicyclic) bond motifs is 1. The van der Waals surface area contributed by atoms with E-state index in [1.807, 2.05) is 6.92 Å². The van der Waals surface area contributed by atoms with Crippen LogP contribution in [0.15, 0.2) is 18.2 Å². The molecule has 3 nitrogen and oxygen atoms in total. The molecule has 1 saturated heterocycles. The Kier molecular flexibility index (Phi) is 3.38. The van der Waals surface area contributed by atoms with Crippen LogP contribution in [-0.4, -0.2) is 34.6 Å². The molecule has 1 atom stereocenters. The third-order valence-electron chi connectivity index (χ3n) is 7.38. The van der Waals surface area contributed by atoms with Gasteiger partial charge in [0.05, 0.1) is 5.60 Å². The zero-order valence-electron chi connectivity index (χ0n) is 15.3. The second-order valence-corrected chi connectivity index (χ2v) is 9.62. The highest BCUT2D eigenvalue weighted by Crippen LogP contribution is 2.53. The summed E-state index contributed by atoms with van der Waals surface area (Å²) >= 11 is 0. The van der Waals surface area contributed by atoms with Crippen LogP contribution in [0.1, 0.15) is 68.1 Å². The number of benzene rings is 1. The van der Waals surface area contributed by atoms with E-state index in [0.29, 0.717) is 24.2 Å². The number of likely N-dealkylation sites (tertiary alicyclic amines) is 1. The molecule has 1 spiro atoms. The highest BCUT2D eigenvalue weighted by atomic mass is 16.3. The van der Waals surface area contributed by atoms with Gasteiger partial charge >= 0.3 is 0 Å². The van der Waals surface area contributed by atoms with E-state index < -0.39 is 5.60 Å². The van der Waals surface area contributed by atoms with E-state index in [1.54, 1.807) is 11.1 Å². The minimum absolute atomic E-state index is 0.0706. The van der Waals surface area contributed by atoms with Crippen LogP contribution in [0.5, 0.6) is 0 Å². The minimum Gasteiger partial charge on any atom is -0.390 e. The predicted octanol–water partition coefficient (Wildman–Crippen LogP) is 3.43. The van der Waals surface area contributed by atoms with E-state index in [1.165, 1.54) is 44.1 Å². The molecule has 1 aliphatic heterocycles. The smallest absolute Gasteiger partial charge is 0.225 e. The van der Waals surface area contributed by atoms with E-state index in [9.17, 15) is 9.90 Å². The third-order valence-corrected chi connectivity index (χ3v) is 7.38. The van der Waals surface area contributed by atoms with Gasteiger partial charge in [-0.25, -0.2) is 0 Å². The van der Waals surface area contributed by atoms with Gasteiger partial charge in [-0.3, -0.25) is 4.79 Å². The molecular weight excluding hydrogens is 310 g/mol. The van der Waals surface area contributed by atoms with Crippen molar-refractivity contribution < 1.29 is 9.90 Å². The summed E-state index contributed by atoms with van der Waals surface area (Å²) < 4.78 is 0. The topological polar surface area (TPSA) is 40.5 Å². The van der Waals surface area contributed by atoms with Crippen LogP contribution in [0.3, 0.4) is 0 Å². The average molecular weight is 339 g/mol. The molecule has 1 amide bonds. The first-order valence-electron chi connectivity index (χ1n) is 10.1. The SMILES string of the molecule is C[C@]1(O)C[C@@H](C(=O)N2CC3(CCC(c4ccc5c(c4)CCC5)C3)C2)C1. The fourth-order valence-corrected chi connectivity index (χ4v) is 5.98. The molecule has 3 fully saturated rings. The monoisotopic (exact) mass is 339 g/mol. The molecule has 1 heterocycles. The Bertz CT molecular complexity index is 709. The standard InChI is InChI=1S/C22H29NO2/c1-21(25)10-19(11-21)20(24)23-13-22(14-23)8-7-18(12-22)17-6-5-15-3-2-4-16(15)9-17/h5-6,9,18-19,25H,2-4,7-8,10-14H2,1H3/t18?,19-,21+. The van der Waals surface area contributed by atoms with Gasteiger partial charge in [0.15, 0.2) is 0 Å². The highest BCUT2D eigenvalue weighted by Gasteiger charge is 2.53. The molecule has 0 aromatic heterocycles. The first-order chi connectivity index (χ1) is 11.9. The number of carbonyl (C=O) groups excluding carboxylic acids is 1. The van der Waals surface area contributed by atoms with E-state index in [-0.39, 0.29) is 11.8 Å². The Hall–Kier alpha value is -1.35. The van der Waals surface area contributed by atoms with Gasteiger partial charge in [-0.05, 0) is 80.9 Å². The molecule has 3 aliphatic carbocycles. The quantitative estimate of drug-likeness (QED) is 0.897. The van der Waals surface area contributed by atoms with Crippen LogP contribution < -0.4 is 0 Å². The van der Waals surface area contributed by atoms with Crippen molar-refractivity contribution in [3.05, 3.63) is 34.9 Å². The Labute approximate surface area is 150 Å². The van der Waals surface area contributed by atoms with Crippen molar-refractivity contribution in [1.82, 2.24) is 4.90 Å². The van der Waals surface area contributed by atoms with E-state index in [2.05, 4.69) is 23.1 Å². The van der Waals surface area contributed by atoms with Crippen molar-refractivity contribution >= 4 is 5.91 Å². The van der Waals surface area contributed by atoms with Crippen molar-refractivity contribution in [2.45, 2.75) is 69.8 Å². The number of amides is 1. The van der Waals surface area contributed by atoms with Crippen LogP contribution >= 0.6 is 0 Å². The lowest BCUT2D eigenvalue weighted by Crippen LogP contribution is -2.61. The van der Waals surface area contributed by atoms with Crippen molar-refractivity contribution in [3.63, 3.8) is 0 Å². The van der Waals surface area contributed by atoms with Gasteiger partial charge in [-0.2, -0.15) is 0 Å². The van der Waals surface area contributed by atoms with Crippen LogP contribution in [0.4, 0.5) is 0 Å². The summed E-state index contributed by atoms with van der Waals surface area (Å²) in [4.78, 5) is 14.6. The van der Waals surface area contributed by atoms with Gasteiger partial charge in [0.25, 0.3) is 0 Å². The summed E-state index contributed by atoms with van der Waals surface area (Å²) in [6.07, 6.45) is 8.92. The summed E-state index contributed by atoms with van der Waals surface area (Å²) in [5, 5.41) is 9.87. The minimum atomic E-state index is -0.602. The summed E-state index contributed by atoms with van der Waals surface area (Å²) in [5.74, 6) is 1.05. The predicted molar refractivity (Wildman–Crippen MR) is 97.4 cm³/mol. The maximum atomic E-state index is 12.5. The third kappa shape index (κ3) is 2.63. The molecule has 1 unspecified atom stereocenters. The highest BCUT2D eigenvalue weighted by molar-refractivity contribution is 5.81. The first-order valence-corrected chi connectivity index (χ1v) is 10.1. The molecular formula is C22H29NO2. The molecule has 25 heavy (non-hydrogen) atoms. The number of carbonyl (C=O) groups is 1. The Morgan fingerprint density at radius 2 is 1.92 bits per heavy atom. The van der Waals surface area contributed by atoms with E-state index in [4.69, 9.17) is 0 Å². The van der Waals surface area contributed by atoms with Crippen molar-refractivity contribution in [1.29, 1.82) is 0 Å². The van der Waals surface area contributed by atoms with Gasteiger partial charge in [0.1, 0.15) is 0 Å². The van der Waals surface area contributed by atoms with Gasteiger partial charge in [0.2, 0.25) is 5.91 Å². The molecule has 1 aromatic rings. The maximum Gasteiger partial charge on any atom is 0.225 e. The Morgan fingerprint density at radius 1 is 1.16 bits per heavy atom. The molecule has 2 saturated carbocycles. The lowest BCUT2D eigenvalue weighted by Gasteiger charge is -2.52. The van der Waals surface area contributed by atoms with Crippen LogP contribution in [-0.2, 0) is 17.6 Å². The number of aliphatic hydroxyl groups is 1. The van der Waals surface area contributed by atoms with E-state index >= 15 is 0 Å². The summed E-state index contributed by atoms with van der Waals surface area (Å²) in [7, 11) is 0. The molecule has 1 N–H and O–H groups in total. The number of hydrogen-bond acceptors (Lipinski definition) is 2. The van der Waals surface area contributed by atoms with Crippen LogP contribution in [0, 0.1) is 11.3 Å². The molecule has 0 bridgehead atoms. The number of nitrogens with zero attached hydrogens (tertiary/aromatic N) is 1. The number of aryl methyl sites for hydroxylation is 2. The molecule has 0 radical (unpaired) electrons. The van der Waals surface area contributed by atoms with Gasteiger partial charge in [-0.15, -0.1) is 0 Å². The summed E-state index contributed by atoms with van der Waals surface area (Å²) in [6.45, 7) is 3.74. The zero-order valence-corrected chi connectivity index (χ0v) is 15.3. The fraction of sp³-hybridized carbons (Fsp3) is 0.682. The molecule has 5 rings (SSSR count). The van der Waals surface area contributed by atoms with Crippen LogP contribution in [0.2, 0.25) is 0 Å². The molecule has 3 heteroatoms. The zero-order chi connectivity index (χ0) is 17.2. The largest absolute Gasteiger partial charge is 0.390 e. The molecule has 134 valence electrons. The Morgan fingerprint density at radius 3 is 2.68 bits per heavy atom. The van der Waals surface area contributed by atoms with Gasteiger partial charge in [0, 0.05) is 24.4 Å².